The molecule has 5 nitrogen and oxygen atoms in total. The normalized spacial score (nSPS) is 16.1. The van der Waals surface area contributed by atoms with Gasteiger partial charge in [0.05, 0.1) is 27.4 Å². The van der Waals surface area contributed by atoms with Gasteiger partial charge in [-0.1, -0.05) is 36.4 Å². The first-order chi connectivity index (χ1) is 13.7. The van der Waals surface area contributed by atoms with Gasteiger partial charge in [-0.05, 0) is 43.3 Å². The van der Waals surface area contributed by atoms with Gasteiger partial charge in [0.2, 0.25) is 0 Å². The fourth-order valence-corrected chi connectivity index (χ4v) is 3.83. The van der Waals surface area contributed by atoms with Crippen LogP contribution in [-0.4, -0.2) is 63.9 Å². The molecular weight excluding hydrogens is 352 g/mol. The zero-order valence-corrected chi connectivity index (χ0v) is 17.3. The number of hydrogen-bond acceptors (Lipinski definition) is 5. The third kappa shape index (κ3) is 5.47. The molecule has 28 heavy (non-hydrogen) atoms. The third-order valence-electron chi connectivity index (χ3n) is 5.36. The van der Waals surface area contributed by atoms with E-state index in [9.17, 15) is 0 Å². The smallest absolute Gasteiger partial charge is 0.161 e. The zero-order chi connectivity index (χ0) is 19.8. The van der Waals surface area contributed by atoms with Crippen LogP contribution in [0.3, 0.4) is 0 Å². The summed E-state index contributed by atoms with van der Waals surface area (Å²) in [6, 6.07) is 17.3. The largest absolute Gasteiger partial charge is 0.493 e. The van der Waals surface area contributed by atoms with Gasteiger partial charge in [-0.25, -0.2) is 0 Å². The third-order valence-corrected chi connectivity index (χ3v) is 5.36. The summed E-state index contributed by atoms with van der Waals surface area (Å²) in [4.78, 5) is 4.92. The summed E-state index contributed by atoms with van der Waals surface area (Å²) in [5, 5.41) is 0. The van der Waals surface area contributed by atoms with Crippen molar-refractivity contribution in [1.82, 2.24) is 9.80 Å². The lowest BCUT2D eigenvalue weighted by atomic mass is 10.00. The van der Waals surface area contributed by atoms with E-state index < -0.39 is 0 Å². The Kier molecular flexibility index (Phi) is 7.71. The molecule has 1 atom stereocenters. The van der Waals surface area contributed by atoms with Crippen molar-refractivity contribution in [3.05, 3.63) is 59.7 Å². The monoisotopic (exact) mass is 384 g/mol. The summed E-state index contributed by atoms with van der Waals surface area (Å²) >= 11 is 0. The van der Waals surface area contributed by atoms with E-state index in [0.717, 1.165) is 57.3 Å². The highest BCUT2D eigenvalue weighted by atomic mass is 16.5. The number of benzene rings is 2. The first-order valence-corrected chi connectivity index (χ1v) is 9.97. The van der Waals surface area contributed by atoms with Crippen LogP contribution >= 0.6 is 0 Å². The molecule has 152 valence electrons. The molecule has 1 saturated heterocycles. The van der Waals surface area contributed by atoms with Gasteiger partial charge in [-0.15, -0.1) is 0 Å². The Morgan fingerprint density at radius 3 is 2.39 bits per heavy atom. The Balaban J connectivity index is 1.72. The molecule has 1 unspecified atom stereocenters. The Hall–Kier alpha value is -2.08. The quantitative estimate of drug-likeness (QED) is 0.660. The molecule has 2 aromatic carbocycles. The van der Waals surface area contributed by atoms with E-state index in [1.54, 1.807) is 14.2 Å². The van der Waals surface area contributed by atoms with Gasteiger partial charge in [-0.2, -0.15) is 0 Å². The minimum absolute atomic E-state index is 0.335. The van der Waals surface area contributed by atoms with Crippen molar-refractivity contribution >= 4 is 0 Å². The molecule has 0 saturated carbocycles. The van der Waals surface area contributed by atoms with Crippen molar-refractivity contribution < 1.29 is 14.2 Å². The van der Waals surface area contributed by atoms with Crippen molar-refractivity contribution in [2.45, 2.75) is 19.0 Å². The second-order valence-corrected chi connectivity index (χ2v) is 7.29. The maximum absolute atomic E-state index is 5.57. The van der Waals surface area contributed by atoms with Crippen LogP contribution in [0.2, 0.25) is 0 Å². The molecule has 0 amide bonds. The molecule has 0 aliphatic carbocycles. The van der Waals surface area contributed by atoms with Gasteiger partial charge in [0, 0.05) is 25.7 Å². The number of rotatable bonds is 9. The van der Waals surface area contributed by atoms with E-state index in [1.807, 2.05) is 6.07 Å². The van der Waals surface area contributed by atoms with Crippen LogP contribution in [0.15, 0.2) is 48.5 Å². The molecule has 5 heteroatoms. The Bertz CT molecular complexity index is 717. The van der Waals surface area contributed by atoms with Crippen LogP contribution in [0.1, 0.15) is 23.6 Å². The fraction of sp³-hybridized carbons (Fsp3) is 0.478. The molecular formula is C23H32N2O3. The van der Waals surface area contributed by atoms with E-state index in [2.05, 4.69) is 59.3 Å². The molecule has 1 fully saturated rings. The first kappa shape index (κ1) is 20.6. The molecule has 0 bridgehead atoms. The Morgan fingerprint density at radius 1 is 1.00 bits per heavy atom. The van der Waals surface area contributed by atoms with Crippen LogP contribution in [-0.2, 0) is 11.3 Å². The Labute approximate surface area is 168 Å². The molecule has 1 aliphatic rings. The summed E-state index contributed by atoms with van der Waals surface area (Å²) in [5.41, 5.74) is 2.62. The topological polar surface area (TPSA) is 34.2 Å². The minimum atomic E-state index is 0.335. The number of hydrogen-bond donors (Lipinski definition) is 0. The maximum Gasteiger partial charge on any atom is 0.161 e. The van der Waals surface area contributed by atoms with Crippen molar-refractivity contribution in [2.24, 2.45) is 0 Å². The van der Waals surface area contributed by atoms with E-state index in [-0.39, 0.29) is 0 Å². The second-order valence-electron chi connectivity index (χ2n) is 7.29. The summed E-state index contributed by atoms with van der Waals surface area (Å²) in [6.45, 7) is 5.49. The standard InChI is InChI=1S/C23H32N2O3/c1-24(18-19-7-5-4-6-8-19)12-11-21(25-13-15-28-16-14-25)20-9-10-22(26-2)23(17-20)27-3/h4-10,17,21H,11-16,18H2,1-3H3. The SMILES string of the molecule is COc1ccc(C(CCN(C)Cc2ccccc2)N2CCOCC2)cc1OC. The van der Waals surface area contributed by atoms with E-state index in [1.165, 1.54) is 11.1 Å². The molecule has 0 aromatic heterocycles. The first-order valence-electron chi connectivity index (χ1n) is 9.97. The molecule has 0 radical (unpaired) electrons. The van der Waals surface area contributed by atoms with Gasteiger partial charge < -0.3 is 19.1 Å². The number of methoxy groups -OCH3 is 2. The lowest BCUT2D eigenvalue weighted by Crippen LogP contribution is -2.40. The average Bonchev–Trinajstić information content (AvgIpc) is 2.75. The van der Waals surface area contributed by atoms with Gasteiger partial charge in [0.15, 0.2) is 11.5 Å². The molecule has 2 aromatic rings. The minimum Gasteiger partial charge on any atom is -0.493 e. The van der Waals surface area contributed by atoms with E-state index in [4.69, 9.17) is 14.2 Å². The van der Waals surface area contributed by atoms with Crippen LogP contribution in [0.4, 0.5) is 0 Å². The highest BCUT2D eigenvalue weighted by molar-refractivity contribution is 5.43. The van der Waals surface area contributed by atoms with Crippen molar-refractivity contribution in [2.75, 3.05) is 54.1 Å². The lowest BCUT2D eigenvalue weighted by molar-refractivity contribution is 0.0124. The highest BCUT2D eigenvalue weighted by Gasteiger charge is 2.24. The zero-order valence-electron chi connectivity index (χ0n) is 17.3. The van der Waals surface area contributed by atoms with Crippen LogP contribution < -0.4 is 9.47 Å². The van der Waals surface area contributed by atoms with Crippen LogP contribution in [0.5, 0.6) is 11.5 Å². The Morgan fingerprint density at radius 2 is 1.71 bits per heavy atom. The van der Waals surface area contributed by atoms with Crippen molar-refractivity contribution in [3.63, 3.8) is 0 Å². The predicted molar refractivity (Wildman–Crippen MR) is 112 cm³/mol. The van der Waals surface area contributed by atoms with Gasteiger partial charge in [0.1, 0.15) is 0 Å². The van der Waals surface area contributed by atoms with E-state index in [0.29, 0.717) is 6.04 Å². The molecule has 0 spiro atoms. The lowest BCUT2D eigenvalue weighted by Gasteiger charge is -2.36. The van der Waals surface area contributed by atoms with Gasteiger partial charge in [0.25, 0.3) is 0 Å². The second kappa shape index (κ2) is 10.5. The van der Waals surface area contributed by atoms with E-state index >= 15 is 0 Å². The van der Waals surface area contributed by atoms with Gasteiger partial charge >= 0.3 is 0 Å². The fourth-order valence-electron chi connectivity index (χ4n) is 3.83. The van der Waals surface area contributed by atoms with Gasteiger partial charge in [-0.3, -0.25) is 4.90 Å². The molecule has 1 aliphatic heterocycles. The molecule has 3 rings (SSSR count). The van der Waals surface area contributed by atoms with Crippen molar-refractivity contribution in [3.8, 4) is 11.5 Å². The predicted octanol–water partition coefficient (Wildman–Crippen LogP) is 3.60. The molecule has 1 heterocycles. The van der Waals surface area contributed by atoms with Crippen LogP contribution in [0.25, 0.3) is 0 Å². The van der Waals surface area contributed by atoms with Crippen molar-refractivity contribution in [1.29, 1.82) is 0 Å². The summed E-state index contributed by atoms with van der Waals surface area (Å²) in [6.07, 6.45) is 1.05. The van der Waals surface area contributed by atoms with Crippen LogP contribution in [0, 0.1) is 0 Å². The summed E-state index contributed by atoms with van der Waals surface area (Å²) in [5.74, 6) is 1.56. The number of morpholine rings is 1. The summed E-state index contributed by atoms with van der Waals surface area (Å²) < 4.78 is 16.5. The average molecular weight is 385 g/mol. The number of ether oxygens (including phenoxy) is 3. The number of nitrogens with zero attached hydrogens (tertiary/aromatic N) is 2. The molecule has 0 N–H and O–H groups in total. The highest BCUT2D eigenvalue weighted by Crippen LogP contribution is 2.33. The summed E-state index contributed by atoms with van der Waals surface area (Å²) in [7, 11) is 5.56. The maximum atomic E-state index is 5.57.